The highest BCUT2D eigenvalue weighted by Crippen LogP contribution is 2.13. The van der Waals surface area contributed by atoms with E-state index in [0.717, 1.165) is 25.1 Å². The quantitative estimate of drug-likeness (QED) is 0.782. The summed E-state index contributed by atoms with van der Waals surface area (Å²) in [4.78, 5) is 4.28. The van der Waals surface area contributed by atoms with Crippen molar-refractivity contribution in [2.75, 3.05) is 0 Å². The van der Waals surface area contributed by atoms with Gasteiger partial charge in [-0.2, -0.15) is 0 Å². The summed E-state index contributed by atoms with van der Waals surface area (Å²) in [5, 5.41) is 9.94. The van der Waals surface area contributed by atoms with E-state index in [0.29, 0.717) is 6.54 Å². The van der Waals surface area contributed by atoms with Crippen molar-refractivity contribution in [1.29, 1.82) is 0 Å². The highest BCUT2D eigenvalue weighted by atomic mass is 16.3. The van der Waals surface area contributed by atoms with Crippen molar-refractivity contribution in [3.63, 3.8) is 0 Å². The lowest BCUT2D eigenvalue weighted by Gasteiger charge is -2.22. The lowest BCUT2D eigenvalue weighted by Crippen LogP contribution is -2.29. The molecule has 0 amide bonds. The van der Waals surface area contributed by atoms with Crippen molar-refractivity contribution in [3.8, 4) is 0 Å². The number of imidazole rings is 1. The first-order chi connectivity index (χ1) is 6.59. The molecule has 0 saturated carbocycles. The monoisotopic (exact) mass is 196 g/mol. The second-order valence-corrected chi connectivity index (χ2v) is 4.07. The lowest BCUT2D eigenvalue weighted by molar-refractivity contribution is 0.0371. The molecule has 0 aliphatic heterocycles. The molecular weight excluding hydrogens is 176 g/mol. The molecule has 0 radical (unpaired) electrons. The van der Waals surface area contributed by atoms with E-state index in [1.54, 1.807) is 6.20 Å². The number of aliphatic hydroxyl groups is 1. The molecule has 1 unspecified atom stereocenters. The smallest absolute Gasteiger partial charge is 0.108 e. The van der Waals surface area contributed by atoms with Crippen LogP contribution in [-0.4, -0.2) is 20.3 Å². The fourth-order valence-corrected chi connectivity index (χ4v) is 1.41. The number of rotatable bonds is 5. The molecule has 0 aromatic carbocycles. The summed E-state index contributed by atoms with van der Waals surface area (Å²) < 4.78 is 2.05. The number of aromatic nitrogens is 2. The van der Waals surface area contributed by atoms with Crippen molar-refractivity contribution >= 4 is 0 Å². The molecule has 3 nitrogen and oxygen atoms in total. The third-order valence-corrected chi connectivity index (χ3v) is 2.55. The molecule has 80 valence electrons. The van der Waals surface area contributed by atoms with Gasteiger partial charge in [0.1, 0.15) is 5.82 Å². The Morgan fingerprint density at radius 3 is 2.79 bits per heavy atom. The van der Waals surface area contributed by atoms with E-state index in [1.807, 2.05) is 24.6 Å². The van der Waals surface area contributed by atoms with Gasteiger partial charge in [0.2, 0.25) is 0 Å². The molecule has 1 aromatic heterocycles. The third-order valence-electron chi connectivity index (χ3n) is 2.55. The molecule has 1 atom stereocenters. The van der Waals surface area contributed by atoms with Crippen molar-refractivity contribution in [2.45, 2.75) is 52.2 Å². The molecule has 0 fully saturated rings. The molecule has 1 aromatic rings. The van der Waals surface area contributed by atoms with Gasteiger partial charge in [-0.3, -0.25) is 0 Å². The number of aryl methyl sites for hydroxylation is 1. The molecule has 1 N–H and O–H groups in total. The molecule has 3 heteroatoms. The first kappa shape index (κ1) is 11.2. The van der Waals surface area contributed by atoms with Crippen LogP contribution in [0.3, 0.4) is 0 Å². The number of hydrogen-bond acceptors (Lipinski definition) is 2. The minimum absolute atomic E-state index is 0.622. The van der Waals surface area contributed by atoms with Gasteiger partial charge in [0, 0.05) is 18.8 Å². The summed E-state index contributed by atoms with van der Waals surface area (Å²) >= 11 is 0. The maximum atomic E-state index is 9.94. The van der Waals surface area contributed by atoms with Crippen LogP contribution >= 0.6 is 0 Å². The van der Waals surface area contributed by atoms with E-state index < -0.39 is 5.60 Å². The zero-order chi connectivity index (χ0) is 10.6. The van der Waals surface area contributed by atoms with Crippen LogP contribution in [0.2, 0.25) is 0 Å². The largest absolute Gasteiger partial charge is 0.388 e. The fraction of sp³-hybridized carbons (Fsp3) is 0.727. The number of hydrogen-bond donors (Lipinski definition) is 1. The Morgan fingerprint density at radius 1 is 1.50 bits per heavy atom. The average molecular weight is 196 g/mol. The van der Waals surface area contributed by atoms with Gasteiger partial charge in [-0.05, 0) is 19.8 Å². The lowest BCUT2D eigenvalue weighted by atomic mass is 10.0. The standard InChI is InChI=1S/C11H20N2O/c1-4-6-10-12-7-8-13(10)9-11(3,14)5-2/h7-8,14H,4-6,9H2,1-3H3. The van der Waals surface area contributed by atoms with Gasteiger partial charge < -0.3 is 9.67 Å². The zero-order valence-corrected chi connectivity index (χ0v) is 9.32. The van der Waals surface area contributed by atoms with E-state index in [9.17, 15) is 5.11 Å². The van der Waals surface area contributed by atoms with Gasteiger partial charge >= 0.3 is 0 Å². The molecule has 1 heterocycles. The molecule has 0 aliphatic rings. The highest BCUT2D eigenvalue weighted by molar-refractivity contribution is 4.94. The van der Waals surface area contributed by atoms with Crippen LogP contribution in [0.5, 0.6) is 0 Å². The Kier molecular flexibility index (Phi) is 3.69. The van der Waals surface area contributed by atoms with Crippen LogP contribution in [-0.2, 0) is 13.0 Å². The molecule has 0 saturated heterocycles. The molecule has 0 aliphatic carbocycles. The van der Waals surface area contributed by atoms with Crippen molar-refractivity contribution in [3.05, 3.63) is 18.2 Å². The Morgan fingerprint density at radius 2 is 2.21 bits per heavy atom. The van der Waals surface area contributed by atoms with Crippen molar-refractivity contribution in [1.82, 2.24) is 9.55 Å². The van der Waals surface area contributed by atoms with E-state index in [1.165, 1.54) is 0 Å². The van der Waals surface area contributed by atoms with E-state index >= 15 is 0 Å². The van der Waals surface area contributed by atoms with Gasteiger partial charge in [-0.1, -0.05) is 13.8 Å². The van der Waals surface area contributed by atoms with Gasteiger partial charge in [-0.25, -0.2) is 4.98 Å². The summed E-state index contributed by atoms with van der Waals surface area (Å²) in [5.41, 5.74) is -0.622. The van der Waals surface area contributed by atoms with Gasteiger partial charge in [0.05, 0.1) is 12.1 Å². The second kappa shape index (κ2) is 4.60. The third kappa shape index (κ3) is 2.84. The zero-order valence-electron chi connectivity index (χ0n) is 9.32. The van der Waals surface area contributed by atoms with Crippen molar-refractivity contribution < 1.29 is 5.11 Å². The molecule has 0 spiro atoms. The van der Waals surface area contributed by atoms with Gasteiger partial charge in [0.15, 0.2) is 0 Å². The number of nitrogens with zero attached hydrogens (tertiary/aromatic N) is 2. The SMILES string of the molecule is CCCc1nccn1CC(C)(O)CC. The topological polar surface area (TPSA) is 38.0 Å². The summed E-state index contributed by atoms with van der Waals surface area (Å²) in [7, 11) is 0. The van der Waals surface area contributed by atoms with Crippen LogP contribution in [0, 0.1) is 0 Å². The Balaban J connectivity index is 2.70. The molecule has 14 heavy (non-hydrogen) atoms. The maximum Gasteiger partial charge on any atom is 0.108 e. The van der Waals surface area contributed by atoms with E-state index in [-0.39, 0.29) is 0 Å². The second-order valence-electron chi connectivity index (χ2n) is 4.07. The maximum absolute atomic E-state index is 9.94. The Hall–Kier alpha value is -0.830. The summed E-state index contributed by atoms with van der Waals surface area (Å²) in [5.74, 6) is 1.07. The predicted molar refractivity (Wildman–Crippen MR) is 57.1 cm³/mol. The molecule has 1 rings (SSSR count). The fourth-order valence-electron chi connectivity index (χ4n) is 1.41. The molecular formula is C11H20N2O. The first-order valence-corrected chi connectivity index (χ1v) is 5.31. The highest BCUT2D eigenvalue weighted by Gasteiger charge is 2.19. The average Bonchev–Trinajstić information content (AvgIpc) is 2.53. The minimum Gasteiger partial charge on any atom is -0.388 e. The summed E-state index contributed by atoms with van der Waals surface area (Å²) in [6.45, 7) is 6.63. The Labute approximate surface area is 85.8 Å². The molecule has 0 bridgehead atoms. The Bertz CT molecular complexity index is 279. The summed E-state index contributed by atoms with van der Waals surface area (Å²) in [6, 6.07) is 0. The van der Waals surface area contributed by atoms with Crippen LogP contribution in [0.1, 0.15) is 39.4 Å². The van der Waals surface area contributed by atoms with Gasteiger partial charge in [0.25, 0.3) is 0 Å². The summed E-state index contributed by atoms with van der Waals surface area (Å²) in [6.07, 6.45) is 6.57. The van der Waals surface area contributed by atoms with Crippen molar-refractivity contribution in [2.24, 2.45) is 0 Å². The predicted octanol–water partition coefficient (Wildman–Crippen LogP) is 2.00. The first-order valence-electron chi connectivity index (χ1n) is 5.31. The van der Waals surface area contributed by atoms with Gasteiger partial charge in [-0.15, -0.1) is 0 Å². The van der Waals surface area contributed by atoms with E-state index in [4.69, 9.17) is 0 Å². The minimum atomic E-state index is -0.622. The van der Waals surface area contributed by atoms with Crippen LogP contribution in [0.15, 0.2) is 12.4 Å². The normalized spacial score (nSPS) is 15.4. The van der Waals surface area contributed by atoms with Crippen LogP contribution < -0.4 is 0 Å². The van der Waals surface area contributed by atoms with Crippen LogP contribution in [0.25, 0.3) is 0 Å². The van der Waals surface area contributed by atoms with E-state index in [2.05, 4.69) is 11.9 Å². The van der Waals surface area contributed by atoms with Crippen LogP contribution in [0.4, 0.5) is 0 Å².